The number of nitrogens with one attached hydrogen (secondary N) is 1. The second-order valence-electron chi connectivity index (χ2n) is 4.94. The minimum Gasteiger partial charge on any atom is -0.447 e. The van der Waals surface area contributed by atoms with Gasteiger partial charge in [0.25, 0.3) is 10.2 Å². The van der Waals surface area contributed by atoms with Crippen LogP contribution in [0.4, 0.5) is 0 Å². The van der Waals surface area contributed by atoms with Crippen LogP contribution in [0.15, 0.2) is 10.8 Å². The Bertz CT molecular complexity index is 504. The van der Waals surface area contributed by atoms with Crippen LogP contribution in [0.1, 0.15) is 37.6 Å². The standard InChI is InChI=1S/C12H21N3O3S/c1-3-11-4-6-15(7-5-11)19(16,17)14-8-12-10(2)13-9-18-12/h9,11,14H,3-8H2,1-2H3. The molecule has 0 unspecified atom stereocenters. The molecule has 0 aliphatic carbocycles. The number of hydrogen-bond acceptors (Lipinski definition) is 4. The molecule has 7 heteroatoms. The van der Waals surface area contributed by atoms with E-state index in [0.717, 1.165) is 19.3 Å². The van der Waals surface area contributed by atoms with Gasteiger partial charge >= 0.3 is 0 Å². The van der Waals surface area contributed by atoms with Gasteiger partial charge in [-0.3, -0.25) is 0 Å². The van der Waals surface area contributed by atoms with Crippen molar-refractivity contribution in [2.45, 2.75) is 39.7 Å². The van der Waals surface area contributed by atoms with Crippen molar-refractivity contribution >= 4 is 10.2 Å². The van der Waals surface area contributed by atoms with Crippen LogP contribution in [0.2, 0.25) is 0 Å². The van der Waals surface area contributed by atoms with Gasteiger partial charge in [-0.1, -0.05) is 13.3 Å². The largest absolute Gasteiger partial charge is 0.447 e. The molecule has 0 spiro atoms. The second-order valence-corrected chi connectivity index (χ2v) is 6.69. The second kappa shape index (κ2) is 6.02. The van der Waals surface area contributed by atoms with Gasteiger partial charge in [0.05, 0.1) is 12.2 Å². The van der Waals surface area contributed by atoms with E-state index in [1.807, 2.05) is 0 Å². The normalized spacial score (nSPS) is 18.8. The molecule has 1 aromatic rings. The molecule has 6 nitrogen and oxygen atoms in total. The first-order valence-electron chi connectivity index (χ1n) is 6.66. The fraction of sp³-hybridized carbons (Fsp3) is 0.750. The summed E-state index contributed by atoms with van der Waals surface area (Å²) in [5.41, 5.74) is 0.715. The predicted octanol–water partition coefficient (Wildman–Crippen LogP) is 1.44. The van der Waals surface area contributed by atoms with Crippen LogP contribution in [-0.2, 0) is 16.8 Å². The highest BCUT2D eigenvalue weighted by molar-refractivity contribution is 7.87. The minimum atomic E-state index is -3.41. The molecular formula is C12H21N3O3S. The van der Waals surface area contributed by atoms with Gasteiger partial charge in [-0.15, -0.1) is 0 Å². The van der Waals surface area contributed by atoms with Gasteiger partial charge in [-0.2, -0.15) is 17.4 Å². The van der Waals surface area contributed by atoms with Crippen LogP contribution in [0.3, 0.4) is 0 Å². The number of piperidine rings is 1. The first-order chi connectivity index (χ1) is 9.03. The molecule has 0 bridgehead atoms. The van der Waals surface area contributed by atoms with Crippen molar-refractivity contribution in [1.82, 2.24) is 14.0 Å². The van der Waals surface area contributed by atoms with E-state index in [0.29, 0.717) is 30.5 Å². The Hall–Kier alpha value is -0.920. The lowest BCUT2D eigenvalue weighted by atomic mass is 9.96. The van der Waals surface area contributed by atoms with Crippen molar-refractivity contribution in [1.29, 1.82) is 0 Å². The molecular weight excluding hydrogens is 266 g/mol. The molecule has 2 rings (SSSR count). The molecule has 108 valence electrons. The third-order valence-corrected chi connectivity index (χ3v) is 5.30. The van der Waals surface area contributed by atoms with Crippen LogP contribution in [-0.4, -0.2) is 30.8 Å². The molecule has 1 aliphatic rings. The molecule has 2 heterocycles. The monoisotopic (exact) mass is 287 g/mol. The van der Waals surface area contributed by atoms with E-state index in [1.165, 1.54) is 10.7 Å². The Kier molecular flexibility index (Phi) is 4.59. The number of aromatic nitrogens is 1. The molecule has 1 N–H and O–H groups in total. The smallest absolute Gasteiger partial charge is 0.279 e. The third-order valence-electron chi connectivity index (χ3n) is 3.75. The summed E-state index contributed by atoms with van der Waals surface area (Å²) in [5.74, 6) is 1.22. The Morgan fingerprint density at radius 1 is 1.47 bits per heavy atom. The molecule has 1 aromatic heterocycles. The van der Waals surface area contributed by atoms with Crippen LogP contribution in [0.25, 0.3) is 0 Å². The maximum Gasteiger partial charge on any atom is 0.279 e. The van der Waals surface area contributed by atoms with E-state index < -0.39 is 10.2 Å². The first-order valence-corrected chi connectivity index (χ1v) is 8.10. The zero-order chi connectivity index (χ0) is 13.9. The molecule has 0 amide bonds. The maximum atomic E-state index is 12.1. The zero-order valence-electron chi connectivity index (χ0n) is 11.4. The average molecular weight is 287 g/mol. The number of oxazole rings is 1. The third kappa shape index (κ3) is 3.55. The maximum absolute atomic E-state index is 12.1. The van der Waals surface area contributed by atoms with E-state index in [2.05, 4.69) is 16.6 Å². The van der Waals surface area contributed by atoms with Gasteiger partial charge in [-0.25, -0.2) is 4.98 Å². The van der Waals surface area contributed by atoms with Gasteiger partial charge in [0.1, 0.15) is 5.76 Å². The SMILES string of the molecule is CCC1CCN(S(=O)(=O)NCc2ocnc2C)CC1. The van der Waals surface area contributed by atoms with Crippen molar-refractivity contribution in [3.63, 3.8) is 0 Å². The van der Waals surface area contributed by atoms with Gasteiger partial charge in [0.2, 0.25) is 0 Å². The van der Waals surface area contributed by atoms with E-state index in [4.69, 9.17) is 4.42 Å². The average Bonchev–Trinajstić information content (AvgIpc) is 2.82. The number of nitrogens with zero attached hydrogens (tertiary/aromatic N) is 2. The van der Waals surface area contributed by atoms with Crippen molar-refractivity contribution < 1.29 is 12.8 Å². The highest BCUT2D eigenvalue weighted by Gasteiger charge is 2.27. The summed E-state index contributed by atoms with van der Waals surface area (Å²) in [4.78, 5) is 3.94. The Labute approximate surface area is 114 Å². The molecule has 0 saturated carbocycles. The van der Waals surface area contributed by atoms with Gasteiger partial charge in [0.15, 0.2) is 6.39 Å². The van der Waals surface area contributed by atoms with Crippen molar-refractivity contribution in [2.75, 3.05) is 13.1 Å². The highest BCUT2D eigenvalue weighted by Crippen LogP contribution is 2.21. The molecule has 0 aromatic carbocycles. The lowest BCUT2D eigenvalue weighted by molar-refractivity contribution is 0.266. The molecule has 0 atom stereocenters. The van der Waals surface area contributed by atoms with E-state index in [-0.39, 0.29) is 6.54 Å². The van der Waals surface area contributed by atoms with Crippen molar-refractivity contribution in [3.8, 4) is 0 Å². The summed E-state index contributed by atoms with van der Waals surface area (Å²) >= 11 is 0. The Morgan fingerprint density at radius 3 is 2.68 bits per heavy atom. The summed E-state index contributed by atoms with van der Waals surface area (Å²) < 4.78 is 33.5. The molecule has 1 fully saturated rings. The Balaban J connectivity index is 1.90. The fourth-order valence-electron chi connectivity index (χ4n) is 2.30. The topological polar surface area (TPSA) is 75.4 Å². The van der Waals surface area contributed by atoms with Crippen LogP contribution >= 0.6 is 0 Å². The quantitative estimate of drug-likeness (QED) is 0.889. The number of aryl methyl sites for hydroxylation is 1. The molecule has 1 aliphatic heterocycles. The summed E-state index contributed by atoms with van der Waals surface area (Å²) in [6, 6.07) is 0. The zero-order valence-corrected chi connectivity index (χ0v) is 12.2. The lowest BCUT2D eigenvalue weighted by Gasteiger charge is -2.30. The fourth-order valence-corrected chi connectivity index (χ4v) is 3.49. The van der Waals surface area contributed by atoms with E-state index >= 15 is 0 Å². The lowest BCUT2D eigenvalue weighted by Crippen LogP contribution is -2.44. The number of rotatable bonds is 5. The summed E-state index contributed by atoms with van der Waals surface area (Å²) in [5, 5.41) is 0. The van der Waals surface area contributed by atoms with E-state index in [1.54, 1.807) is 6.92 Å². The predicted molar refractivity (Wildman–Crippen MR) is 71.6 cm³/mol. The summed E-state index contributed by atoms with van der Waals surface area (Å²) in [7, 11) is -3.41. The van der Waals surface area contributed by atoms with Crippen LogP contribution in [0, 0.1) is 12.8 Å². The van der Waals surface area contributed by atoms with Gasteiger partial charge < -0.3 is 4.42 Å². The molecule has 1 saturated heterocycles. The first kappa shape index (κ1) is 14.5. The van der Waals surface area contributed by atoms with Crippen LogP contribution in [0.5, 0.6) is 0 Å². The number of hydrogen-bond donors (Lipinski definition) is 1. The van der Waals surface area contributed by atoms with Gasteiger partial charge in [0, 0.05) is 13.1 Å². The minimum absolute atomic E-state index is 0.155. The van der Waals surface area contributed by atoms with E-state index in [9.17, 15) is 8.42 Å². The molecule has 0 radical (unpaired) electrons. The van der Waals surface area contributed by atoms with Gasteiger partial charge in [-0.05, 0) is 25.7 Å². The summed E-state index contributed by atoms with van der Waals surface area (Å²) in [6.45, 7) is 5.30. The Morgan fingerprint density at radius 2 is 2.16 bits per heavy atom. The van der Waals surface area contributed by atoms with Crippen molar-refractivity contribution in [2.24, 2.45) is 5.92 Å². The highest BCUT2D eigenvalue weighted by atomic mass is 32.2. The molecule has 19 heavy (non-hydrogen) atoms. The summed E-state index contributed by atoms with van der Waals surface area (Å²) in [6.07, 6.45) is 4.34. The van der Waals surface area contributed by atoms with Crippen LogP contribution < -0.4 is 4.72 Å². The van der Waals surface area contributed by atoms with Crippen molar-refractivity contribution in [3.05, 3.63) is 17.8 Å².